The number of ether oxygens (including phenoxy) is 10. The van der Waals surface area contributed by atoms with E-state index in [0.29, 0.717) is 16.5 Å². The van der Waals surface area contributed by atoms with Crippen LogP contribution in [0.1, 0.15) is 31.2 Å². The number of aliphatic hydroxyl groups excluding tert-OH is 13. The standard InChI is InChI=1S/C27H33NO13.C18H26N2O17P2.C18H21NO8/c1-4-7-36-11-18-21(32)23(34)24(35)27(40-18)41-25-17(10-29)39-26(20(22(25)33)28-13(3)30)37-14-5-6-15-12(2)8-19(31)38-16(15)9-14;1-2-5-32-6-8-11(22)13(24)15(26)17(35-8)36-39(30,31)37-38(28,29)33-7-9-12(23)14(25)16(34-9)20-4-3-10(21)19-18(20)27;1-8-5-14(22)26-12-6-10(3-4-11(8)12)25-18-15(19-9(2)21)17(24)16(23)13(7-20)27-18/h1,5-6,8-9,17-18,20-27,29,32-35H,7,10-11H2,2-3H3,(H,28,30);1,3-4,8-9,11-17,22-26H,5-7H2,(H,28,29)(H,30,31)(H,19,21,27);3-6,13,15-18,20,23-24H,7H2,1-2H3,(H,19,21)/t17-,18-,20-,21+,22-,23+,24-,25-,26-,27+;8-,9?,11+,12?,13+,14?,15-,16?,17-;13-,15-,16-,17-,18-/m111/s1. The number of fused-ring (bicyclic) bond motifs is 2. The van der Waals surface area contributed by atoms with Gasteiger partial charge < -0.3 is 143 Å². The van der Waals surface area contributed by atoms with Crippen molar-refractivity contribution in [1.82, 2.24) is 20.2 Å². The summed E-state index contributed by atoms with van der Waals surface area (Å²) < 4.78 is 104. The molecule has 42 nitrogen and oxygen atoms in total. The molecule has 107 heavy (non-hydrogen) atoms. The van der Waals surface area contributed by atoms with Crippen molar-refractivity contribution in [2.75, 3.05) is 46.2 Å². The van der Waals surface area contributed by atoms with Gasteiger partial charge in [0.25, 0.3) is 5.56 Å². The second-order valence-corrected chi connectivity index (χ2v) is 27.5. The van der Waals surface area contributed by atoms with E-state index in [9.17, 15) is 114 Å². The van der Waals surface area contributed by atoms with E-state index in [0.717, 1.165) is 27.8 Å². The molecule has 5 aliphatic heterocycles. The van der Waals surface area contributed by atoms with Crippen LogP contribution in [0.15, 0.2) is 88.8 Å². The van der Waals surface area contributed by atoms with Crippen molar-refractivity contribution in [2.24, 2.45) is 0 Å². The summed E-state index contributed by atoms with van der Waals surface area (Å²) in [6, 6.07) is 10.8. The van der Waals surface area contributed by atoms with Crippen LogP contribution in [0.2, 0.25) is 0 Å². The van der Waals surface area contributed by atoms with E-state index in [1.807, 2.05) is 4.98 Å². The molecule has 0 radical (unpaired) electrons. The molecule has 44 heteroatoms. The topological polar surface area (TPSA) is 631 Å². The van der Waals surface area contributed by atoms with Crippen LogP contribution >= 0.6 is 15.6 Å². The van der Waals surface area contributed by atoms with E-state index in [1.54, 1.807) is 38.1 Å². The normalized spacial score (nSPS) is 33.2. The number of terminal acetylenes is 2. The van der Waals surface area contributed by atoms with E-state index in [-0.39, 0.29) is 36.9 Å². The lowest BCUT2D eigenvalue weighted by molar-refractivity contribution is -0.344. The fourth-order valence-electron chi connectivity index (χ4n) is 11.4. The minimum Gasteiger partial charge on any atom is -0.462 e. The Morgan fingerprint density at radius 1 is 0.542 bits per heavy atom. The molecule has 10 rings (SSSR count). The molecule has 18 N–H and O–H groups in total. The number of aliphatic hydroxyl groups is 13. The lowest BCUT2D eigenvalue weighted by Crippen LogP contribution is -2.68. The number of nitrogens with one attached hydrogen (secondary N) is 3. The molecule has 5 fully saturated rings. The van der Waals surface area contributed by atoms with E-state index >= 15 is 0 Å². The van der Waals surface area contributed by atoms with Crippen LogP contribution in [0.5, 0.6) is 11.5 Å². The highest BCUT2D eigenvalue weighted by Crippen LogP contribution is 2.61. The quantitative estimate of drug-likeness (QED) is 0.0118. The first-order valence-corrected chi connectivity index (χ1v) is 35.1. The average molecular weight is 1560 g/mol. The number of amides is 2. The summed E-state index contributed by atoms with van der Waals surface area (Å²) in [5, 5.41) is 139. The Labute approximate surface area is 603 Å². The van der Waals surface area contributed by atoms with Crippen LogP contribution in [0.3, 0.4) is 0 Å². The van der Waals surface area contributed by atoms with Crippen molar-refractivity contribution in [2.45, 2.75) is 175 Å². The summed E-state index contributed by atoms with van der Waals surface area (Å²) in [6.45, 7) is 2.73. The molecule has 6 unspecified atom stereocenters. The van der Waals surface area contributed by atoms with Gasteiger partial charge in [-0.1, -0.05) is 11.8 Å². The zero-order valence-corrected chi connectivity index (χ0v) is 58.5. The smallest absolute Gasteiger partial charge is 0.462 e. The third kappa shape index (κ3) is 21.6. The van der Waals surface area contributed by atoms with Crippen molar-refractivity contribution in [3.05, 3.63) is 114 Å². The number of rotatable bonds is 24. The Morgan fingerprint density at radius 3 is 1.48 bits per heavy atom. The number of H-pyrrole nitrogens is 1. The molecular weight excluding hydrogens is 1480 g/mol. The van der Waals surface area contributed by atoms with E-state index in [4.69, 9.17) is 69.0 Å². The first-order valence-electron chi connectivity index (χ1n) is 32.1. The van der Waals surface area contributed by atoms with Gasteiger partial charge in [-0.3, -0.25) is 33.0 Å². The highest BCUT2D eigenvalue weighted by atomic mass is 31.3. The van der Waals surface area contributed by atoms with Gasteiger partial charge in [-0.2, -0.15) is 4.31 Å². The maximum Gasteiger partial charge on any atom is 0.483 e. The Kier molecular flexibility index (Phi) is 29.8. The fourth-order valence-corrected chi connectivity index (χ4v) is 13.6. The van der Waals surface area contributed by atoms with Crippen molar-refractivity contribution < 1.29 is 164 Å². The summed E-state index contributed by atoms with van der Waals surface area (Å²) >= 11 is 0. The van der Waals surface area contributed by atoms with Gasteiger partial charge in [0, 0.05) is 61.1 Å². The van der Waals surface area contributed by atoms with Crippen LogP contribution in [-0.4, -0.2) is 285 Å². The molecule has 0 bridgehead atoms. The number of phosphoric acid groups is 2. The minimum absolute atomic E-state index is 0.0960. The molecule has 5 saturated heterocycles. The SMILES string of the molecule is C#CCOC[C@H]1O[C@@H](O[C@H]2[C@H](O)[C@@H](NC(C)=O)[C@H](Oc3ccc4c(C)cc(=O)oc4c3)O[C@@H]2CO)[C@H](O)[C@@H](O)[C@H]1O.C#CCOC[C@H]1O[C@H](OP(=O)(O)OP(=O)(O)OCC2OC(n3ccc(=O)[nH]c3=O)C(O)C2O)[C@H](O)[C@@H](O)[C@H]1O.CC(=O)N[C@H]1[C@H](Oc2ccc3c(C)cc(=O)oc3c2)O[C@H](CO)[C@@H](O)[C@@H]1O. The predicted molar refractivity (Wildman–Crippen MR) is 353 cm³/mol. The number of carbonyl (C=O) groups is 2. The molecule has 0 aliphatic carbocycles. The third-order valence-corrected chi connectivity index (χ3v) is 19.3. The van der Waals surface area contributed by atoms with Gasteiger partial charge in [0.1, 0.15) is 152 Å². The van der Waals surface area contributed by atoms with Gasteiger partial charge >= 0.3 is 32.6 Å². The lowest BCUT2D eigenvalue weighted by Gasteiger charge is -2.47. The first kappa shape index (κ1) is 85.2. The number of aromatic nitrogens is 2. The molecule has 26 atom stereocenters. The van der Waals surface area contributed by atoms with Crippen molar-refractivity contribution in [1.29, 1.82) is 0 Å². The molecule has 3 aromatic heterocycles. The predicted octanol–water partition coefficient (Wildman–Crippen LogP) is -6.81. The Morgan fingerprint density at radius 2 is 0.991 bits per heavy atom. The van der Waals surface area contributed by atoms with E-state index < -0.39 is 224 Å². The zero-order valence-electron chi connectivity index (χ0n) is 56.7. The minimum atomic E-state index is -5.61. The molecule has 5 aliphatic rings. The molecule has 2 aromatic carbocycles. The van der Waals surface area contributed by atoms with Gasteiger partial charge in [-0.25, -0.2) is 23.5 Å². The zero-order chi connectivity index (χ0) is 78.7. The second-order valence-electron chi connectivity index (χ2n) is 24.5. The highest BCUT2D eigenvalue weighted by Gasteiger charge is 2.54. The number of benzene rings is 2. The monoisotopic (exact) mass is 1560 g/mol. The number of nitrogens with zero attached hydrogens (tertiary/aromatic N) is 1. The van der Waals surface area contributed by atoms with Crippen LogP contribution in [0.25, 0.3) is 21.9 Å². The van der Waals surface area contributed by atoms with Crippen LogP contribution < -0.4 is 42.6 Å². The fraction of sp³-hybridized carbons (Fsp3) is 0.556. The number of carbonyl (C=O) groups excluding carboxylic acids is 2. The Balaban J connectivity index is 0.000000207. The van der Waals surface area contributed by atoms with Gasteiger partial charge in [0.05, 0.1) is 33.0 Å². The number of aryl methyl sites for hydroxylation is 2. The third-order valence-electron chi connectivity index (χ3n) is 16.7. The molecular formula is C63H80N4O38P2. The van der Waals surface area contributed by atoms with Crippen LogP contribution in [0, 0.1) is 38.5 Å². The Bertz CT molecular complexity index is 4300. The molecule has 0 spiro atoms. The second kappa shape index (κ2) is 37.4. The van der Waals surface area contributed by atoms with Gasteiger partial charge in [-0.05, 0) is 49.2 Å². The van der Waals surface area contributed by atoms with Gasteiger partial charge in [0.15, 0.2) is 18.8 Å². The maximum absolute atomic E-state index is 12.3. The molecule has 5 aromatic rings. The summed E-state index contributed by atoms with van der Waals surface area (Å²) in [4.78, 5) is 91.7. The van der Waals surface area contributed by atoms with Gasteiger partial charge in [-0.15, -0.1) is 12.8 Å². The molecule has 0 saturated carbocycles. The van der Waals surface area contributed by atoms with Crippen LogP contribution in [-0.2, 0) is 70.0 Å². The summed E-state index contributed by atoms with van der Waals surface area (Å²) in [6.07, 6.45) is -23.4. The van der Waals surface area contributed by atoms with Gasteiger partial charge in [0.2, 0.25) is 24.4 Å². The first-order chi connectivity index (χ1) is 50.5. The number of aromatic amines is 1. The maximum atomic E-state index is 12.3. The molecule has 2 amide bonds. The molecule has 590 valence electrons. The summed E-state index contributed by atoms with van der Waals surface area (Å²) in [5.74, 6) is 3.80. The number of hydrogen-bond donors (Lipinski definition) is 18. The average Bonchev–Trinajstić information content (AvgIpc) is 1.37. The summed E-state index contributed by atoms with van der Waals surface area (Å²) in [5.41, 5.74) is -0.806. The van der Waals surface area contributed by atoms with E-state index in [1.165, 1.54) is 38.1 Å². The van der Waals surface area contributed by atoms with Crippen molar-refractivity contribution in [3.63, 3.8) is 0 Å². The molecule has 8 heterocycles. The lowest BCUT2D eigenvalue weighted by atomic mass is 9.95. The van der Waals surface area contributed by atoms with Crippen LogP contribution in [0.4, 0.5) is 0 Å². The highest BCUT2D eigenvalue weighted by molar-refractivity contribution is 7.61. The van der Waals surface area contributed by atoms with Crippen molar-refractivity contribution in [3.8, 4) is 36.2 Å². The summed E-state index contributed by atoms with van der Waals surface area (Å²) in [7, 11) is -11.1. The number of phosphoric ester groups is 2. The largest absolute Gasteiger partial charge is 0.483 e. The van der Waals surface area contributed by atoms with Crippen molar-refractivity contribution >= 4 is 49.4 Å². The number of hydrogen-bond acceptors (Lipinski definition) is 36. The van der Waals surface area contributed by atoms with E-state index in [2.05, 4.69) is 35.8 Å². The Hall–Kier alpha value is -7.38.